The van der Waals surface area contributed by atoms with Gasteiger partial charge in [-0.3, -0.25) is 0 Å². The lowest BCUT2D eigenvalue weighted by Crippen LogP contribution is -2.10. The van der Waals surface area contributed by atoms with E-state index in [4.69, 9.17) is 0 Å². The minimum absolute atomic E-state index is 0.0961. The van der Waals surface area contributed by atoms with E-state index in [0.717, 1.165) is 11.1 Å². The van der Waals surface area contributed by atoms with Crippen LogP contribution in [0.25, 0.3) is 5.57 Å². The summed E-state index contributed by atoms with van der Waals surface area (Å²) in [5.74, 6) is -0.932. The molecule has 2 aromatic rings. The molecule has 2 nitrogen and oxygen atoms in total. The van der Waals surface area contributed by atoms with Crippen molar-refractivity contribution in [3.63, 3.8) is 0 Å². The van der Waals surface area contributed by atoms with Crippen molar-refractivity contribution in [3.05, 3.63) is 77.4 Å². The highest BCUT2D eigenvalue weighted by atomic mass is 16.4. The maximum Gasteiger partial charge on any atom is 0.336 e. The fourth-order valence-electron chi connectivity index (χ4n) is 2.26. The summed E-state index contributed by atoms with van der Waals surface area (Å²) in [6, 6.07) is 15.1. The molecule has 1 N–H and O–H groups in total. The number of carbonyl (C=O) groups is 1. The molecule has 0 amide bonds. The molecule has 0 fully saturated rings. The Balaban J connectivity index is 2.40. The minimum atomic E-state index is -0.932. The highest BCUT2D eigenvalue weighted by Crippen LogP contribution is 2.28. The molecule has 2 rings (SSSR count). The summed E-state index contributed by atoms with van der Waals surface area (Å²) in [5.41, 5.74) is 3.95. The van der Waals surface area contributed by atoms with E-state index < -0.39 is 5.97 Å². The van der Waals surface area contributed by atoms with Crippen molar-refractivity contribution >= 4 is 11.5 Å². The molecule has 0 heterocycles. The minimum Gasteiger partial charge on any atom is -0.478 e. The first-order chi connectivity index (χ1) is 9.80. The highest BCUT2D eigenvalue weighted by Gasteiger charge is 2.15. The molecule has 0 aliphatic carbocycles. The van der Waals surface area contributed by atoms with Crippen LogP contribution in [0.1, 0.15) is 47.8 Å². The molecule has 0 aliphatic rings. The van der Waals surface area contributed by atoms with Gasteiger partial charge in [0.2, 0.25) is 0 Å². The molecular formula is C19H20O2. The maximum atomic E-state index is 11.3. The quantitative estimate of drug-likeness (QED) is 0.881. The van der Waals surface area contributed by atoms with E-state index in [9.17, 15) is 9.90 Å². The summed E-state index contributed by atoms with van der Waals surface area (Å²) in [6.45, 7) is 10.6. The third-order valence-corrected chi connectivity index (χ3v) is 3.58. The summed E-state index contributed by atoms with van der Waals surface area (Å²) in [6.07, 6.45) is 0. The zero-order valence-corrected chi connectivity index (χ0v) is 12.7. The van der Waals surface area contributed by atoms with E-state index in [1.165, 1.54) is 5.56 Å². The van der Waals surface area contributed by atoms with Gasteiger partial charge in [-0.1, -0.05) is 69.8 Å². The lowest BCUT2D eigenvalue weighted by atomic mass is 9.85. The van der Waals surface area contributed by atoms with Gasteiger partial charge in [-0.25, -0.2) is 4.79 Å². The highest BCUT2D eigenvalue weighted by molar-refractivity contribution is 5.96. The fourth-order valence-corrected chi connectivity index (χ4v) is 2.26. The Kier molecular flexibility index (Phi) is 3.99. The van der Waals surface area contributed by atoms with Crippen molar-refractivity contribution in [1.29, 1.82) is 0 Å². The Bertz CT molecular complexity index is 673. The van der Waals surface area contributed by atoms with Gasteiger partial charge in [0.05, 0.1) is 5.56 Å². The van der Waals surface area contributed by atoms with Crippen LogP contribution in [-0.2, 0) is 5.41 Å². The third-order valence-electron chi connectivity index (χ3n) is 3.58. The van der Waals surface area contributed by atoms with Gasteiger partial charge in [-0.2, -0.15) is 0 Å². The van der Waals surface area contributed by atoms with E-state index in [1.807, 2.05) is 18.2 Å². The first kappa shape index (κ1) is 15.0. The van der Waals surface area contributed by atoms with Gasteiger partial charge in [-0.05, 0) is 33.7 Å². The van der Waals surface area contributed by atoms with Crippen LogP contribution < -0.4 is 0 Å². The van der Waals surface area contributed by atoms with E-state index in [-0.39, 0.29) is 11.0 Å². The number of carboxylic acids is 1. The molecule has 0 radical (unpaired) electrons. The average molecular weight is 280 g/mol. The Morgan fingerprint density at radius 2 is 1.48 bits per heavy atom. The number of rotatable bonds is 3. The van der Waals surface area contributed by atoms with Crippen LogP contribution >= 0.6 is 0 Å². The molecule has 108 valence electrons. The SMILES string of the molecule is C=C(c1ccc(C(C)(C)C)cc1)c1ccccc1C(=O)O. The van der Waals surface area contributed by atoms with Crippen LogP contribution in [0.2, 0.25) is 0 Å². The lowest BCUT2D eigenvalue weighted by Gasteiger charge is -2.19. The zero-order valence-electron chi connectivity index (χ0n) is 12.7. The standard InChI is InChI=1S/C19H20O2/c1-13(16-7-5-6-8-17(16)18(20)21)14-9-11-15(12-10-14)19(2,3)4/h5-12H,1H2,2-4H3,(H,20,21). The Labute approximate surface area is 125 Å². The molecule has 0 atom stereocenters. The molecule has 0 aromatic heterocycles. The van der Waals surface area contributed by atoms with Gasteiger partial charge in [0.15, 0.2) is 0 Å². The predicted molar refractivity (Wildman–Crippen MR) is 86.7 cm³/mol. The summed E-state index contributed by atoms with van der Waals surface area (Å²) in [7, 11) is 0. The van der Waals surface area contributed by atoms with Crippen LogP contribution in [0, 0.1) is 0 Å². The summed E-state index contributed by atoms with van der Waals surface area (Å²) < 4.78 is 0. The van der Waals surface area contributed by atoms with Crippen molar-refractivity contribution in [1.82, 2.24) is 0 Å². The average Bonchev–Trinajstić information content (AvgIpc) is 2.45. The van der Waals surface area contributed by atoms with Crippen LogP contribution in [0.4, 0.5) is 0 Å². The summed E-state index contributed by atoms with van der Waals surface area (Å²) in [5, 5.41) is 9.27. The molecule has 0 bridgehead atoms. The molecule has 0 saturated heterocycles. The first-order valence-corrected chi connectivity index (χ1v) is 6.93. The third kappa shape index (κ3) is 3.22. The van der Waals surface area contributed by atoms with Crippen molar-refractivity contribution in [3.8, 4) is 0 Å². The molecule has 0 aliphatic heterocycles. The molecule has 2 heteroatoms. The smallest absolute Gasteiger partial charge is 0.336 e. The number of aromatic carboxylic acids is 1. The monoisotopic (exact) mass is 280 g/mol. The number of carboxylic acid groups (broad SMARTS) is 1. The van der Waals surface area contributed by atoms with Crippen molar-refractivity contribution in [2.45, 2.75) is 26.2 Å². The second kappa shape index (κ2) is 5.57. The van der Waals surface area contributed by atoms with Gasteiger partial charge in [0, 0.05) is 0 Å². The van der Waals surface area contributed by atoms with Crippen LogP contribution in [0.3, 0.4) is 0 Å². The van der Waals surface area contributed by atoms with Gasteiger partial charge in [0.1, 0.15) is 0 Å². The topological polar surface area (TPSA) is 37.3 Å². The number of hydrogen-bond acceptors (Lipinski definition) is 1. The first-order valence-electron chi connectivity index (χ1n) is 6.93. The predicted octanol–water partition coefficient (Wildman–Crippen LogP) is 4.74. The molecule has 0 spiro atoms. The van der Waals surface area contributed by atoms with E-state index >= 15 is 0 Å². The molecule has 21 heavy (non-hydrogen) atoms. The van der Waals surface area contributed by atoms with E-state index in [1.54, 1.807) is 18.2 Å². The second-order valence-electron chi connectivity index (χ2n) is 6.16. The lowest BCUT2D eigenvalue weighted by molar-refractivity contribution is 0.0696. The molecular weight excluding hydrogens is 260 g/mol. The van der Waals surface area contributed by atoms with E-state index in [0.29, 0.717) is 5.56 Å². The molecule has 2 aromatic carbocycles. The van der Waals surface area contributed by atoms with Gasteiger partial charge in [-0.15, -0.1) is 0 Å². The number of benzene rings is 2. The summed E-state index contributed by atoms with van der Waals surface area (Å²) >= 11 is 0. The van der Waals surface area contributed by atoms with Crippen LogP contribution in [0.5, 0.6) is 0 Å². The Morgan fingerprint density at radius 3 is 1.95 bits per heavy atom. The van der Waals surface area contributed by atoms with Crippen molar-refractivity contribution in [2.75, 3.05) is 0 Å². The Hall–Kier alpha value is -2.35. The van der Waals surface area contributed by atoms with Crippen LogP contribution in [-0.4, -0.2) is 11.1 Å². The second-order valence-corrected chi connectivity index (χ2v) is 6.16. The number of hydrogen-bond donors (Lipinski definition) is 1. The molecule has 0 unspecified atom stereocenters. The summed E-state index contributed by atoms with van der Waals surface area (Å²) in [4.78, 5) is 11.3. The maximum absolute atomic E-state index is 11.3. The largest absolute Gasteiger partial charge is 0.478 e. The fraction of sp³-hybridized carbons (Fsp3) is 0.211. The van der Waals surface area contributed by atoms with Crippen molar-refractivity contribution < 1.29 is 9.90 Å². The zero-order chi connectivity index (χ0) is 15.6. The Morgan fingerprint density at radius 1 is 0.952 bits per heavy atom. The van der Waals surface area contributed by atoms with Crippen LogP contribution in [0.15, 0.2) is 55.1 Å². The van der Waals surface area contributed by atoms with E-state index in [2.05, 4.69) is 39.5 Å². The van der Waals surface area contributed by atoms with Crippen molar-refractivity contribution in [2.24, 2.45) is 0 Å². The van der Waals surface area contributed by atoms with Gasteiger partial charge >= 0.3 is 5.97 Å². The van der Waals surface area contributed by atoms with Gasteiger partial charge < -0.3 is 5.11 Å². The normalized spacial score (nSPS) is 11.2. The molecule has 0 saturated carbocycles. The van der Waals surface area contributed by atoms with Gasteiger partial charge in [0.25, 0.3) is 0 Å².